The molecule has 0 heterocycles. The van der Waals surface area contributed by atoms with Crippen LogP contribution >= 0.6 is 0 Å². The van der Waals surface area contributed by atoms with Gasteiger partial charge < -0.3 is 0 Å². The van der Waals surface area contributed by atoms with E-state index in [0.717, 1.165) is 42.4 Å². The summed E-state index contributed by atoms with van der Waals surface area (Å²) in [5.41, 5.74) is 4.46. The van der Waals surface area contributed by atoms with Crippen molar-refractivity contribution in [1.82, 2.24) is 0 Å². The molecule has 0 N–H and O–H groups in total. The second kappa shape index (κ2) is 6.72. The van der Waals surface area contributed by atoms with Crippen LogP contribution in [0, 0.1) is 26.7 Å². The van der Waals surface area contributed by atoms with Crippen molar-refractivity contribution in [3.63, 3.8) is 0 Å². The van der Waals surface area contributed by atoms with E-state index < -0.39 is 0 Å². The molecule has 0 amide bonds. The van der Waals surface area contributed by atoms with Crippen molar-refractivity contribution < 1.29 is 4.79 Å². The number of carbonyl (C=O) groups is 1. The van der Waals surface area contributed by atoms with Crippen LogP contribution in [-0.2, 0) is 0 Å². The van der Waals surface area contributed by atoms with Crippen LogP contribution < -0.4 is 0 Å². The van der Waals surface area contributed by atoms with Crippen LogP contribution in [0.1, 0.15) is 66.6 Å². The molecular weight excluding hydrogens is 220 g/mol. The average Bonchev–Trinajstić information content (AvgIpc) is 2.28. The lowest BCUT2D eigenvalue weighted by atomic mass is 9.86. The highest BCUT2D eigenvalue weighted by molar-refractivity contribution is 6.00. The summed E-state index contributed by atoms with van der Waals surface area (Å²) >= 11 is 0. The van der Waals surface area contributed by atoms with Crippen LogP contribution in [0.4, 0.5) is 0 Å². The predicted octanol–water partition coefficient (Wildman–Crippen LogP) is 5.01. The van der Waals surface area contributed by atoms with Gasteiger partial charge in [0, 0.05) is 11.5 Å². The number of unbranched alkanes of at least 4 members (excludes halogenated alkanes) is 1. The van der Waals surface area contributed by atoms with Crippen LogP contribution in [0.3, 0.4) is 0 Å². The first-order chi connectivity index (χ1) is 8.51. The van der Waals surface area contributed by atoms with E-state index in [-0.39, 0.29) is 5.92 Å². The Balaban J connectivity index is 3.01. The van der Waals surface area contributed by atoms with Gasteiger partial charge in [0.1, 0.15) is 0 Å². The maximum atomic E-state index is 12.6. The van der Waals surface area contributed by atoms with Gasteiger partial charge in [0.05, 0.1) is 0 Å². The topological polar surface area (TPSA) is 17.1 Å². The lowest BCUT2D eigenvalue weighted by Crippen LogP contribution is -2.16. The number of rotatable bonds is 6. The monoisotopic (exact) mass is 246 g/mol. The fraction of sp³-hybridized carbons (Fsp3) is 0.588. The van der Waals surface area contributed by atoms with Gasteiger partial charge in [-0.1, -0.05) is 44.4 Å². The van der Waals surface area contributed by atoms with E-state index in [0.29, 0.717) is 5.78 Å². The van der Waals surface area contributed by atoms with Crippen molar-refractivity contribution in [2.24, 2.45) is 5.92 Å². The molecule has 1 heteroatoms. The van der Waals surface area contributed by atoms with Gasteiger partial charge in [0.2, 0.25) is 0 Å². The van der Waals surface area contributed by atoms with Crippen LogP contribution in [0.25, 0.3) is 0 Å². The highest BCUT2D eigenvalue weighted by Gasteiger charge is 2.21. The van der Waals surface area contributed by atoms with Gasteiger partial charge in [0.15, 0.2) is 5.78 Å². The van der Waals surface area contributed by atoms with Crippen LogP contribution in [-0.4, -0.2) is 5.78 Å². The lowest BCUT2D eigenvalue weighted by molar-refractivity contribution is 0.0907. The zero-order chi connectivity index (χ0) is 13.7. The lowest BCUT2D eigenvalue weighted by Gasteiger charge is -2.17. The fourth-order valence-electron chi connectivity index (χ4n) is 2.74. The Morgan fingerprint density at radius 2 is 1.67 bits per heavy atom. The maximum absolute atomic E-state index is 12.6. The van der Waals surface area contributed by atoms with E-state index >= 15 is 0 Å². The molecule has 1 aromatic carbocycles. The van der Waals surface area contributed by atoms with E-state index in [4.69, 9.17) is 0 Å². The summed E-state index contributed by atoms with van der Waals surface area (Å²) < 4.78 is 0. The molecule has 0 fully saturated rings. The minimum Gasteiger partial charge on any atom is -0.294 e. The number of Topliss-reactive ketones (excluding diaryl/α,β-unsaturated/α-hetero) is 1. The van der Waals surface area contributed by atoms with Crippen molar-refractivity contribution in [2.45, 2.75) is 60.3 Å². The van der Waals surface area contributed by atoms with E-state index in [1.54, 1.807) is 0 Å². The molecule has 0 aliphatic rings. The first-order valence-electron chi connectivity index (χ1n) is 7.13. The number of hydrogen-bond donors (Lipinski definition) is 0. The zero-order valence-corrected chi connectivity index (χ0v) is 12.5. The van der Waals surface area contributed by atoms with Crippen molar-refractivity contribution in [1.29, 1.82) is 0 Å². The van der Waals surface area contributed by atoms with Crippen LogP contribution in [0.2, 0.25) is 0 Å². The maximum Gasteiger partial charge on any atom is 0.166 e. The molecular formula is C17H26O. The number of aryl methyl sites for hydroxylation is 3. The third-order valence-corrected chi connectivity index (χ3v) is 3.69. The quantitative estimate of drug-likeness (QED) is 0.645. The van der Waals surface area contributed by atoms with Gasteiger partial charge in [-0.3, -0.25) is 4.79 Å². The SMILES string of the molecule is CCCCC(CC)C(=O)c1c(C)cc(C)cc1C. The molecule has 0 radical (unpaired) electrons. The van der Waals surface area contributed by atoms with Crippen molar-refractivity contribution in [3.8, 4) is 0 Å². The smallest absolute Gasteiger partial charge is 0.166 e. The Bertz CT molecular complexity index is 395. The Morgan fingerprint density at radius 1 is 1.11 bits per heavy atom. The summed E-state index contributed by atoms with van der Waals surface area (Å²) in [4.78, 5) is 12.6. The molecule has 0 saturated heterocycles. The number of carbonyl (C=O) groups excluding carboxylic acids is 1. The van der Waals surface area contributed by atoms with Crippen molar-refractivity contribution in [2.75, 3.05) is 0 Å². The molecule has 1 atom stereocenters. The summed E-state index contributed by atoms with van der Waals surface area (Å²) in [5, 5.41) is 0. The molecule has 1 nitrogen and oxygen atoms in total. The Morgan fingerprint density at radius 3 is 2.11 bits per heavy atom. The number of benzene rings is 1. The van der Waals surface area contributed by atoms with Gasteiger partial charge in [-0.25, -0.2) is 0 Å². The minimum absolute atomic E-state index is 0.199. The fourth-order valence-corrected chi connectivity index (χ4v) is 2.74. The van der Waals surface area contributed by atoms with E-state index in [1.165, 1.54) is 5.56 Å². The largest absolute Gasteiger partial charge is 0.294 e. The van der Waals surface area contributed by atoms with Gasteiger partial charge >= 0.3 is 0 Å². The highest BCUT2D eigenvalue weighted by Crippen LogP contribution is 2.24. The number of hydrogen-bond acceptors (Lipinski definition) is 1. The summed E-state index contributed by atoms with van der Waals surface area (Å²) in [6.07, 6.45) is 4.29. The van der Waals surface area contributed by atoms with Crippen molar-refractivity contribution >= 4 is 5.78 Å². The van der Waals surface area contributed by atoms with E-state index in [9.17, 15) is 4.79 Å². The molecule has 0 aliphatic carbocycles. The standard InChI is InChI=1S/C17H26O/c1-6-8-9-15(7-2)17(18)16-13(4)10-12(3)11-14(16)5/h10-11,15H,6-9H2,1-5H3. The zero-order valence-electron chi connectivity index (χ0n) is 12.5. The second-order valence-electron chi connectivity index (χ2n) is 5.39. The molecule has 18 heavy (non-hydrogen) atoms. The highest BCUT2D eigenvalue weighted by atomic mass is 16.1. The molecule has 1 rings (SSSR count). The average molecular weight is 246 g/mol. The summed E-state index contributed by atoms with van der Waals surface area (Å²) in [7, 11) is 0. The summed E-state index contributed by atoms with van der Waals surface area (Å²) in [6, 6.07) is 4.24. The summed E-state index contributed by atoms with van der Waals surface area (Å²) in [5.74, 6) is 0.547. The first kappa shape index (κ1) is 14.9. The Kier molecular flexibility index (Phi) is 5.58. The normalized spacial score (nSPS) is 12.5. The van der Waals surface area contributed by atoms with E-state index in [1.807, 2.05) is 0 Å². The minimum atomic E-state index is 0.199. The molecule has 0 spiro atoms. The van der Waals surface area contributed by atoms with Gasteiger partial charge in [0.25, 0.3) is 0 Å². The van der Waals surface area contributed by atoms with Gasteiger partial charge in [-0.05, 0) is 44.7 Å². The molecule has 100 valence electrons. The second-order valence-corrected chi connectivity index (χ2v) is 5.39. The predicted molar refractivity (Wildman–Crippen MR) is 78.3 cm³/mol. The van der Waals surface area contributed by atoms with Gasteiger partial charge in [-0.15, -0.1) is 0 Å². The summed E-state index contributed by atoms with van der Waals surface area (Å²) in [6.45, 7) is 10.5. The molecule has 0 aromatic heterocycles. The Labute approximate surface area is 112 Å². The third kappa shape index (κ3) is 3.44. The molecule has 0 aliphatic heterocycles. The van der Waals surface area contributed by atoms with E-state index in [2.05, 4.69) is 46.8 Å². The molecule has 1 aromatic rings. The third-order valence-electron chi connectivity index (χ3n) is 3.69. The Hall–Kier alpha value is -1.11. The van der Waals surface area contributed by atoms with Gasteiger partial charge in [-0.2, -0.15) is 0 Å². The molecule has 0 saturated carbocycles. The molecule has 0 bridgehead atoms. The van der Waals surface area contributed by atoms with Crippen LogP contribution in [0.15, 0.2) is 12.1 Å². The molecule has 1 unspecified atom stereocenters. The first-order valence-corrected chi connectivity index (χ1v) is 7.13. The number of ketones is 1. The van der Waals surface area contributed by atoms with Crippen LogP contribution in [0.5, 0.6) is 0 Å². The van der Waals surface area contributed by atoms with Crippen molar-refractivity contribution in [3.05, 3.63) is 34.4 Å².